The average molecular weight is 445 g/mol. The Morgan fingerprint density at radius 2 is 1.62 bits per heavy atom. The van der Waals surface area contributed by atoms with Gasteiger partial charge in [0.25, 0.3) is 0 Å². The van der Waals surface area contributed by atoms with E-state index in [0.29, 0.717) is 0 Å². The Morgan fingerprint density at radius 1 is 0.969 bits per heavy atom. The van der Waals surface area contributed by atoms with E-state index in [1.165, 1.54) is 14.0 Å². The van der Waals surface area contributed by atoms with Crippen LogP contribution >= 0.6 is 0 Å². The molecule has 0 saturated carbocycles. The van der Waals surface area contributed by atoms with Gasteiger partial charge in [-0.25, -0.2) is 4.79 Å². The van der Waals surface area contributed by atoms with Gasteiger partial charge in [0.1, 0.15) is 18.1 Å². The van der Waals surface area contributed by atoms with Gasteiger partial charge in [-0.2, -0.15) is 0 Å². The van der Waals surface area contributed by atoms with Crippen LogP contribution in [0.25, 0.3) is 0 Å². The van der Waals surface area contributed by atoms with Crippen molar-refractivity contribution in [2.24, 2.45) is 11.7 Å². The SMILES string of the molecule is COC(=O)[C@@H](NC(=O)[C@H](C)NC(=O)[C@H](Cc1ccccc1)NC(=O)CC#CCN)C(C)C. The lowest BCUT2D eigenvalue weighted by Gasteiger charge is -2.24. The molecule has 0 aliphatic rings. The number of hydrogen-bond donors (Lipinski definition) is 4. The number of rotatable bonds is 10. The molecule has 3 amide bonds. The molecular weight excluding hydrogens is 412 g/mol. The maximum absolute atomic E-state index is 12.9. The van der Waals surface area contributed by atoms with Gasteiger partial charge < -0.3 is 26.4 Å². The molecule has 9 heteroatoms. The molecule has 0 heterocycles. The Bertz CT molecular complexity index is 845. The normalized spacial score (nSPS) is 13.1. The largest absolute Gasteiger partial charge is 0.467 e. The molecule has 0 aliphatic heterocycles. The lowest BCUT2D eigenvalue weighted by molar-refractivity contribution is -0.146. The van der Waals surface area contributed by atoms with Crippen LogP contribution in [0, 0.1) is 17.8 Å². The lowest BCUT2D eigenvalue weighted by Crippen LogP contribution is -2.56. The third-order valence-corrected chi connectivity index (χ3v) is 4.58. The number of amides is 3. The average Bonchev–Trinajstić information content (AvgIpc) is 2.76. The summed E-state index contributed by atoms with van der Waals surface area (Å²) in [7, 11) is 1.24. The van der Waals surface area contributed by atoms with E-state index in [2.05, 4.69) is 27.8 Å². The van der Waals surface area contributed by atoms with Crippen LogP contribution in [0.15, 0.2) is 30.3 Å². The second kappa shape index (κ2) is 13.8. The third kappa shape index (κ3) is 9.18. The minimum Gasteiger partial charge on any atom is -0.467 e. The van der Waals surface area contributed by atoms with Crippen molar-refractivity contribution in [2.45, 2.75) is 51.7 Å². The van der Waals surface area contributed by atoms with Gasteiger partial charge in [-0.05, 0) is 18.4 Å². The van der Waals surface area contributed by atoms with Crippen LogP contribution in [0.4, 0.5) is 0 Å². The van der Waals surface area contributed by atoms with Crippen LogP contribution in [0.1, 0.15) is 32.8 Å². The quantitative estimate of drug-likeness (QED) is 0.293. The number of benzene rings is 1. The minimum absolute atomic E-state index is 0.0962. The van der Waals surface area contributed by atoms with E-state index in [0.717, 1.165) is 5.56 Å². The zero-order chi connectivity index (χ0) is 24.1. The van der Waals surface area contributed by atoms with Crippen LogP contribution < -0.4 is 21.7 Å². The van der Waals surface area contributed by atoms with Gasteiger partial charge in [0.05, 0.1) is 20.1 Å². The maximum atomic E-state index is 12.9. The number of carbonyl (C=O) groups excluding carboxylic acids is 4. The van der Waals surface area contributed by atoms with E-state index in [1.807, 2.05) is 30.3 Å². The van der Waals surface area contributed by atoms with Gasteiger partial charge in [0.15, 0.2) is 0 Å². The smallest absolute Gasteiger partial charge is 0.328 e. The summed E-state index contributed by atoms with van der Waals surface area (Å²) in [6.45, 7) is 5.17. The predicted octanol–water partition coefficient (Wildman–Crippen LogP) is -0.115. The molecule has 0 saturated heterocycles. The van der Waals surface area contributed by atoms with Crippen molar-refractivity contribution in [3.8, 4) is 11.8 Å². The van der Waals surface area contributed by atoms with E-state index in [1.54, 1.807) is 13.8 Å². The molecule has 0 fully saturated rings. The highest BCUT2D eigenvalue weighted by Crippen LogP contribution is 2.06. The highest BCUT2D eigenvalue weighted by molar-refractivity contribution is 5.93. The molecule has 0 bridgehead atoms. The minimum atomic E-state index is -0.944. The van der Waals surface area contributed by atoms with Crippen LogP contribution in [0.5, 0.6) is 0 Å². The summed E-state index contributed by atoms with van der Waals surface area (Å²) < 4.78 is 4.72. The number of nitrogens with one attached hydrogen (secondary N) is 3. The molecule has 32 heavy (non-hydrogen) atoms. The topological polar surface area (TPSA) is 140 Å². The first-order valence-corrected chi connectivity index (χ1v) is 10.4. The standard InChI is InChI=1S/C23H32N4O5/c1-15(2)20(23(31)32-4)27-21(29)16(3)25-22(30)18(14-17-10-6-5-7-11-17)26-19(28)12-8-9-13-24/h5-7,10-11,15-16,18,20H,12-14,24H2,1-4H3,(H,25,30)(H,26,28)(H,27,29)/t16-,18-,20-/m0/s1. The molecule has 0 unspecified atom stereocenters. The Kier molecular flexibility index (Phi) is 11.5. The number of esters is 1. The fourth-order valence-electron chi connectivity index (χ4n) is 2.80. The zero-order valence-electron chi connectivity index (χ0n) is 18.9. The molecule has 1 rings (SSSR count). The summed E-state index contributed by atoms with van der Waals surface area (Å²) in [4.78, 5) is 49.5. The van der Waals surface area contributed by atoms with Gasteiger partial charge in [-0.1, -0.05) is 56.0 Å². The monoisotopic (exact) mass is 444 g/mol. The summed E-state index contributed by atoms with van der Waals surface area (Å²) in [5.74, 6) is 2.95. The molecular formula is C23H32N4O5. The Balaban J connectivity index is 2.87. The second-order valence-corrected chi connectivity index (χ2v) is 7.53. The Morgan fingerprint density at radius 3 is 2.19 bits per heavy atom. The first kappa shape index (κ1) is 26.7. The Hall–Kier alpha value is -3.38. The van der Waals surface area contributed by atoms with E-state index in [-0.39, 0.29) is 25.3 Å². The van der Waals surface area contributed by atoms with Crippen molar-refractivity contribution in [3.05, 3.63) is 35.9 Å². The molecule has 3 atom stereocenters. The molecule has 0 spiro atoms. The van der Waals surface area contributed by atoms with E-state index in [4.69, 9.17) is 10.5 Å². The fraction of sp³-hybridized carbons (Fsp3) is 0.478. The van der Waals surface area contributed by atoms with E-state index in [9.17, 15) is 19.2 Å². The fourth-order valence-corrected chi connectivity index (χ4v) is 2.80. The number of nitrogens with two attached hydrogens (primary N) is 1. The van der Waals surface area contributed by atoms with Crippen molar-refractivity contribution in [3.63, 3.8) is 0 Å². The van der Waals surface area contributed by atoms with Crippen LogP contribution in [-0.2, 0) is 30.3 Å². The highest BCUT2D eigenvalue weighted by Gasteiger charge is 2.29. The van der Waals surface area contributed by atoms with E-state index < -0.39 is 41.8 Å². The van der Waals surface area contributed by atoms with Gasteiger partial charge in [-0.3, -0.25) is 14.4 Å². The van der Waals surface area contributed by atoms with Crippen molar-refractivity contribution in [1.29, 1.82) is 0 Å². The molecule has 174 valence electrons. The maximum Gasteiger partial charge on any atom is 0.328 e. The van der Waals surface area contributed by atoms with Gasteiger partial charge in [0.2, 0.25) is 17.7 Å². The number of methoxy groups -OCH3 is 1. The van der Waals surface area contributed by atoms with Gasteiger partial charge in [-0.15, -0.1) is 0 Å². The van der Waals surface area contributed by atoms with Crippen molar-refractivity contribution < 1.29 is 23.9 Å². The first-order valence-electron chi connectivity index (χ1n) is 10.4. The first-order chi connectivity index (χ1) is 15.2. The van der Waals surface area contributed by atoms with Crippen LogP contribution in [0.2, 0.25) is 0 Å². The number of hydrogen-bond acceptors (Lipinski definition) is 6. The molecule has 9 nitrogen and oxygen atoms in total. The summed E-state index contributed by atoms with van der Waals surface area (Å²) in [5.41, 5.74) is 6.13. The van der Waals surface area contributed by atoms with Crippen molar-refractivity contribution in [1.82, 2.24) is 16.0 Å². The second-order valence-electron chi connectivity index (χ2n) is 7.53. The summed E-state index contributed by atoms with van der Waals surface area (Å²) in [5, 5.41) is 7.85. The zero-order valence-corrected chi connectivity index (χ0v) is 18.9. The van der Waals surface area contributed by atoms with Crippen molar-refractivity contribution >= 4 is 23.7 Å². The number of carbonyl (C=O) groups is 4. The molecule has 0 aromatic heterocycles. The Labute approximate surface area is 188 Å². The van der Waals surface area contributed by atoms with Crippen molar-refractivity contribution in [2.75, 3.05) is 13.7 Å². The molecule has 0 radical (unpaired) electrons. The van der Waals surface area contributed by atoms with E-state index >= 15 is 0 Å². The number of ether oxygens (including phenoxy) is 1. The highest BCUT2D eigenvalue weighted by atomic mass is 16.5. The molecule has 1 aromatic rings. The summed E-state index contributed by atoms with van der Waals surface area (Å²) >= 11 is 0. The predicted molar refractivity (Wildman–Crippen MR) is 120 cm³/mol. The van der Waals surface area contributed by atoms with Crippen LogP contribution in [0.3, 0.4) is 0 Å². The van der Waals surface area contributed by atoms with Gasteiger partial charge >= 0.3 is 5.97 Å². The lowest BCUT2D eigenvalue weighted by atomic mass is 10.0. The van der Waals surface area contributed by atoms with Crippen LogP contribution in [-0.4, -0.2) is 55.5 Å². The third-order valence-electron chi connectivity index (χ3n) is 4.58. The molecule has 0 aliphatic carbocycles. The molecule has 5 N–H and O–H groups in total. The summed E-state index contributed by atoms with van der Waals surface area (Å²) in [6.07, 6.45) is 0.134. The molecule has 1 aromatic carbocycles. The summed E-state index contributed by atoms with van der Waals surface area (Å²) in [6, 6.07) is 6.47. The van der Waals surface area contributed by atoms with Gasteiger partial charge in [0, 0.05) is 6.42 Å².